The van der Waals surface area contributed by atoms with Crippen molar-refractivity contribution in [1.82, 2.24) is 0 Å². The minimum absolute atomic E-state index is 0.0324. The fourth-order valence-corrected chi connectivity index (χ4v) is 1.42. The molecule has 18 heavy (non-hydrogen) atoms. The molecular formula is C10H10F3NO3S. The van der Waals surface area contributed by atoms with Gasteiger partial charge < -0.3 is 15.0 Å². The van der Waals surface area contributed by atoms with Crippen molar-refractivity contribution in [2.75, 3.05) is 0 Å². The number of benzene rings is 1. The number of carboxylic acid groups (broad SMARTS) is 1. The van der Waals surface area contributed by atoms with Gasteiger partial charge in [0.1, 0.15) is 11.8 Å². The number of hydrogen-bond donors (Lipinski definition) is 2. The zero-order valence-corrected chi connectivity index (χ0v) is 9.79. The van der Waals surface area contributed by atoms with Crippen LogP contribution in [0.2, 0.25) is 0 Å². The van der Waals surface area contributed by atoms with Gasteiger partial charge in [0, 0.05) is 0 Å². The molecule has 0 aliphatic heterocycles. The third-order valence-corrected chi connectivity index (χ3v) is 2.39. The number of aliphatic carboxylic acids is 1. The quantitative estimate of drug-likeness (QED) is 0.809. The van der Waals surface area contributed by atoms with Gasteiger partial charge in [0.15, 0.2) is 12.0 Å². The highest BCUT2D eigenvalue weighted by Crippen LogP contribution is 2.32. The molecule has 100 valence electrons. The second kappa shape index (κ2) is 5.96. The molecule has 1 rings (SSSR count). The Morgan fingerprint density at radius 1 is 1.39 bits per heavy atom. The van der Waals surface area contributed by atoms with Crippen LogP contribution in [0.4, 0.5) is 13.2 Å². The predicted octanol–water partition coefficient (Wildman–Crippen LogP) is 2.19. The van der Waals surface area contributed by atoms with Gasteiger partial charge in [-0.25, -0.2) is 0 Å². The molecule has 8 heteroatoms. The fraction of sp³-hybridized carbons (Fsp3) is 0.300. The van der Waals surface area contributed by atoms with Gasteiger partial charge in [0.05, 0.1) is 0 Å². The number of rotatable bonds is 5. The summed E-state index contributed by atoms with van der Waals surface area (Å²) in [5.74, 6) is -1.10. The first-order valence-electron chi connectivity index (χ1n) is 4.77. The molecule has 0 aliphatic carbocycles. The van der Waals surface area contributed by atoms with Crippen LogP contribution in [0.1, 0.15) is 5.56 Å². The normalized spacial score (nSPS) is 13.1. The molecule has 3 N–H and O–H groups in total. The molecule has 0 amide bonds. The second-order valence-corrected chi connectivity index (χ2v) is 4.20. The van der Waals surface area contributed by atoms with E-state index in [9.17, 15) is 18.0 Å². The molecule has 4 nitrogen and oxygen atoms in total. The SMILES string of the molecule is NC(Cc1ccc(OSC(F)(F)F)cc1)C(=O)O. The van der Waals surface area contributed by atoms with Crippen LogP contribution in [0.25, 0.3) is 0 Å². The molecule has 0 radical (unpaired) electrons. The number of nitrogens with two attached hydrogens (primary N) is 1. The highest BCUT2D eigenvalue weighted by Gasteiger charge is 2.31. The summed E-state index contributed by atoms with van der Waals surface area (Å²) in [5.41, 5.74) is 1.46. The van der Waals surface area contributed by atoms with Gasteiger partial charge in [-0.2, -0.15) is 13.2 Å². The average molecular weight is 281 g/mol. The van der Waals surface area contributed by atoms with Crippen LogP contribution in [0.15, 0.2) is 24.3 Å². The van der Waals surface area contributed by atoms with E-state index in [1.807, 2.05) is 0 Å². The van der Waals surface area contributed by atoms with Crippen LogP contribution < -0.4 is 9.92 Å². The van der Waals surface area contributed by atoms with Crippen molar-refractivity contribution in [3.8, 4) is 5.75 Å². The lowest BCUT2D eigenvalue weighted by Gasteiger charge is -2.08. The van der Waals surface area contributed by atoms with Crippen LogP contribution in [0.5, 0.6) is 5.75 Å². The molecule has 0 saturated heterocycles. The van der Waals surface area contributed by atoms with E-state index in [1.165, 1.54) is 24.3 Å². The van der Waals surface area contributed by atoms with Crippen molar-refractivity contribution in [3.63, 3.8) is 0 Å². The lowest BCUT2D eigenvalue weighted by molar-refractivity contribution is -0.138. The second-order valence-electron chi connectivity index (χ2n) is 3.41. The van der Waals surface area contributed by atoms with E-state index in [0.717, 1.165) is 0 Å². The van der Waals surface area contributed by atoms with Crippen molar-refractivity contribution in [1.29, 1.82) is 0 Å². The molecule has 0 bridgehead atoms. The van der Waals surface area contributed by atoms with E-state index in [4.69, 9.17) is 10.8 Å². The molecule has 1 unspecified atom stereocenters. The van der Waals surface area contributed by atoms with Gasteiger partial charge in [-0.3, -0.25) is 4.79 Å². The van der Waals surface area contributed by atoms with Gasteiger partial charge in [0.2, 0.25) is 0 Å². The lowest BCUT2D eigenvalue weighted by atomic mass is 10.1. The Balaban J connectivity index is 2.55. The van der Waals surface area contributed by atoms with E-state index in [2.05, 4.69) is 4.18 Å². The maximum absolute atomic E-state index is 11.8. The number of hydrogen-bond acceptors (Lipinski definition) is 4. The maximum Gasteiger partial charge on any atom is 0.479 e. The summed E-state index contributed by atoms with van der Waals surface area (Å²) in [6.07, 6.45) is 0.0992. The molecule has 0 saturated carbocycles. The molecule has 0 aromatic heterocycles. The highest BCUT2D eigenvalue weighted by atomic mass is 32.2. The van der Waals surface area contributed by atoms with Crippen molar-refractivity contribution in [2.45, 2.75) is 18.0 Å². The first-order valence-corrected chi connectivity index (χ1v) is 5.52. The first kappa shape index (κ1) is 14.7. The van der Waals surface area contributed by atoms with Crippen molar-refractivity contribution >= 4 is 18.0 Å². The molecule has 1 aromatic carbocycles. The Bertz CT molecular complexity index is 408. The third-order valence-electron chi connectivity index (χ3n) is 1.93. The summed E-state index contributed by atoms with van der Waals surface area (Å²) in [5, 5.41) is 8.59. The molecule has 0 aliphatic rings. The fourth-order valence-electron chi connectivity index (χ4n) is 1.12. The zero-order valence-electron chi connectivity index (χ0n) is 8.98. The standard InChI is InChI=1S/C10H10F3NO3S/c11-10(12,13)18-17-7-3-1-6(2-4-7)5-8(14)9(15)16/h1-4,8H,5,14H2,(H,15,16). The monoisotopic (exact) mass is 281 g/mol. The summed E-state index contributed by atoms with van der Waals surface area (Å²) >= 11 is -0.607. The Hall–Kier alpha value is -1.41. The van der Waals surface area contributed by atoms with Crippen molar-refractivity contribution < 1.29 is 27.3 Å². The minimum Gasteiger partial charge on any atom is -0.480 e. The highest BCUT2D eigenvalue weighted by molar-refractivity contribution is 7.95. The molecule has 0 heterocycles. The zero-order chi connectivity index (χ0) is 13.8. The van der Waals surface area contributed by atoms with E-state index in [1.54, 1.807) is 0 Å². The Labute approximate surface area is 105 Å². The van der Waals surface area contributed by atoms with Gasteiger partial charge >= 0.3 is 11.5 Å². The lowest BCUT2D eigenvalue weighted by Crippen LogP contribution is -2.32. The van der Waals surface area contributed by atoms with E-state index >= 15 is 0 Å². The summed E-state index contributed by atoms with van der Waals surface area (Å²) in [6, 6.07) is 4.54. The third kappa shape index (κ3) is 5.28. The van der Waals surface area contributed by atoms with Crippen LogP contribution >= 0.6 is 12.0 Å². The summed E-state index contributed by atoms with van der Waals surface area (Å²) in [7, 11) is 0. The Morgan fingerprint density at radius 3 is 2.39 bits per heavy atom. The van der Waals surface area contributed by atoms with Gasteiger partial charge in [0.25, 0.3) is 0 Å². The smallest absolute Gasteiger partial charge is 0.479 e. The van der Waals surface area contributed by atoms with Gasteiger partial charge in [-0.15, -0.1) is 0 Å². The van der Waals surface area contributed by atoms with Crippen LogP contribution in [-0.2, 0) is 11.2 Å². The Kier molecular flexibility index (Phi) is 4.85. The van der Waals surface area contributed by atoms with Crippen molar-refractivity contribution in [3.05, 3.63) is 29.8 Å². The molecule has 0 fully saturated rings. The largest absolute Gasteiger partial charge is 0.480 e. The summed E-state index contributed by atoms with van der Waals surface area (Å²) in [6.45, 7) is 0. The number of alkyl halides is 3. The summed E-state index contributed by atoms with van der Waals surface area (Å²) in [4.78, 5) is 10.5. The number of carboxylic acids is 1. The van der Waals surface area contributed by atoms with Gasteiger partial charge in [-0.05, 0) is 24.1 Å². The summed E-state index contributed by atoms with van der Waals surface area (Å²) < 4.78 is 39.9. The van der Waals surface area contributed by atoms with Crippen LogP contribution in [0, 0.1) is 0 Å². The number of carbonyl (C=O) groups is 1. The van der Waals surface area contributed by atoms with E-state index in [0.29, 0.717) is 5.56 Å². The van der Waals surface area contributed by atoms with Crippen molar-refractivity contribution in [2.24, 2.45) is 5.73 Å². The first-order chi connectivity index (χ1) is 8.28. The Morgan fingerprint density at radius 2 is 1.94 bits per heavy atom. The number of halogens is 3. The molecule has 1 atom stereocenters. The van der Waals surface area contributed by atoms with E-state index < -0.39 is 29.6 Å². The minimum atomic E-state index is -4.47. The predicted molar refractivity (Wildman–Crippen MR) is 60.0 cm³/mol. The van der Waals surface area contributed by atoms with E-state index in [-0.39, 0.29) is 12.2 Å². The van der Waals surface area contributed by atoms with Crippen LogP contribution in [-0.4, -0.2) is 22.6 Å². The molecule has 0 spiro atoms. The van der Waals surface area contributed by atoms with Gasteiger partial charge in [-0.1, -0.05) is 12.1 Å². The molecular weight excluding hydrogens is 271 g/mol. The maximum atomic E-state index is 11.8. The average Bonchev–Trinajstić information content (AvgIpc) is 2.27. The van der Waals surface area contributed by atoms with Crippen LogP contribution in [0.3, 0.4) is 0 Å². The topological polar surface area (TPSA) is 72.5 Å². The molecule has 1 aromatic rings.